The van der Waals surface area contributed by atoms with Gasteiger partial charge in [0.2, 0.25) is 0 Å². The molecule has 1 atom stereocenters. The summed E-state index contributed by atoms with van der Waals surface area (Å²) in [7, 11) is 0. The topological polar surface area (TPSA) is 55.0 Å². The van der Waals surface area contributed by atoms with Gasteiger partial charge in [0.15, 0.2) is 0 Å². The van der Waals surface area contributed by atoms with E-state index in [2.05, 4.69) is 28.7 Å². The molecule has 0 radical (unpaired) electrons. The number of likely N-dealkylation sites (tertiary alicyclic amines) is 1. The number of piperidine rings is 1. The van der Waals surface area contributed by atoms with Gasteiger partial charge in [0.1, 0.15) is 6.33 Å². The minimum atomic E-state index is -0.0400. The molecule has 2 N–H and O–H groups in total. The highest BCUT2D eigenvalue weighted by molar-refractivity contribution is 5.14. The second-order valence-corrected chi connectivity index (χ2v) is 5.35. The lowest BCUT2D eigenvalue weighted by Gasteiger charge is -2.44. The van der Waals surface area contributed by atoms with Gasteiger partial charge in [0.25, 0.3) is 0 Å². The maximum atomic E-state index is 6.38. The minimum Gasteiger partial charge on any atom is -0.322 e. The summed E-state index contributed by atoms with van der Waals surface area (Å²) in [5.41, 5.74) is 7.36. The van der Waals surface area contributed by atoms with Gasteiger partial charge in [-0.3, -0.25) is 4.90 Å². The first-order chi connectivity index (χ1) is 8.12. The van der Waals surface area contributed by atoms with Crippen LogP contribution in [0.2, 0.25) is 0 Å². The SMILES string of the molecule is CC(C)(C(N)c1cncnc1)N1CCCCC1. The Bertz CT molecular complexity index is 344. The van der Waals surface area contributed by atoms with Crippen LogP contribution < -0.4 is 5.73 Å². The lowest BCUT2D eigenvalue weighted by Crippen LogP contribution is -2.53. The van der Waals surface area contributed by atoms with Crippen LogP contribution in [0.5, 0.6) is 0 Å². The highest BCUT2D eigenvalue weighted by Gasteiger charge is 2.34. The van der Waals surface area contributed by atoms with E-state index < -0.39 is 0 Å². The average Bonchev–Trinajstić information content (AvgIpc) is 2.40. The van der Waals surface area contributed by atoms with Crippen LogP contribution in [-0.4, -0.2) is 33.5 Å². The van der Waals surface area contributed by atoms with Crippen LogP contribution in [0.1, 0.15) is 44.7 Å². The van der Waals surface area contributed by atoms with Gasteiger partial charge in [-0.2, -0.15) is 0 Å². The van der Waals surface area contributed by atoms with Crippen molar-refractivity contribution in [2.24, 2.45) is 5.73 Å². The van der Waals surface area contributed by atoms with E-state index >= 15 is 0 Å². The van der Waals surface area contributed by atoms with Gasteiger partial charge < -0.3 is 5.73 Å². The van der Waals surface area contributed by atoms with Gasteiger partial charge in [-0.05, 0) is 39.8 Å². The second-order valence-electron chi connectivity index (χ2n) is 5.35. The number of nitrogens with zero attached hydrogens (tertiary/aromatic N) is 3. The van der Waals surface area contributed by atoms with Gasteiger partial charge in [-0.15, -0.1) is 0 Å². The Morgan fingerprint density at radius 2 is 1.76 bits per heavy atom. The van der Waals surface area contributed by atoms with Crippen molar-refractivity contribution < 1.29 is 0 Å². The van der Waals surface area contributed by atoms with Crippen LogP contribution in [0, 0.1) is 0 Å². The molecule has 0 spiro atoms. The van der Waals surface area contributed by atoms with Crippen molar-refractivity contribution in [3.63, 3.8) is 0 Å². The zero-order valence-corrected chi connectivity index (χ0v) is 10.8. The van der Waals surface area contributed by atoms with Crippen LogP contribution in [0.3, 0.4) is 0 Å². The summed E-state index contributed by atoms with van der Waals surface area (Å²) in [6.07, 6.45) is 9.09. The molecule has 2 heterocycles. The van der Waals surface area contributed by atoms with Crippen molar-refractivity contribution in [1.29, 1.82) is 0 Å². The Labute approximate surface area is 103 Å². The van der Waals surface area contributed by atoms with E-state index in [4.69, 9.17) is 5.73 Å². The zero-order chi connectivity index (χ0) is 12.3. The first-order valence-electron chi connectivity index (χ1n) is 6.38. The zero-order valence-electron chi connectivity index (χ0n) is 10.8. The van der Waals surface area contributed by atoms with Crippen molar-refractivity contribution in [1.82, 2.24) is 14.9 Å². The molecule has 0 saturated carbocycles. The molecule has 17 heavy (non-hydrogen) atoms. The predicted molar refractivity (Wildman–Crippen MR) is 68.5 cm³/mol. The summed E-state index contributed by atoms with van der Waals surface area (Å²) < 4.78 is 0. The van der Waals surface area contributed by atoms with E-state index in [-0.39, 0.29) is 11.6 Å². The lowest BCUT2D eigenvalue weighted by molar-refractivity contribution is 0.0728. The number of aromatic nitrogens is 2. The third-order valence-electron chi connectivity index (χ3n) is 3.87. The van der Waals surface area contributed by atoms with Gasteiger partial charge in [-0.1, -0.05) is 6.42 Å². The molecular formula is C13H22N4. The Balaban J connectivity index is 2.13. The van der Waals surface area contributed by atoms with Crippen LogP contribution in [-0.2, 0) is 0 Å². The van der Waals surface area contributed by atoms with Crippen LogP contribution in [0.25, 0.3) is 0 Å². The molecule has 0 aromatic carbocycles. The third kappa shape index (κ3) is 2.64. The summed E-state index contributed by atoms with van der Waals surface area (Å²) in [5, 5.41) is 0. The van der Waals surface area contributed by atoms with Gasteiger partial charge in [0, 0.05) is 23.5 Å². The molecule has 4 nitrogen and oxygen atoms in total. The molecule has 1 fully saturated rings. The predicted octanol–water partition coefficient (Wildman–Crippen LogP) is 1.74. The molecule has 1 aromatic heterocycles. The highest BCUT2D eigenvalue weighted by Crippen LogP contribution is 2.30. The number of rotatable bonds is 3. The summed E-state index contributed by atoms with van der Waals surface area (Å²) >= 11 is 0. The smallest absolute Gasteiger partial charge is 0.115 e. The molecule has 1 saturated heterocycles. The Morgan fingerprint density at radius 3 is 2.35 bits per heavy atom. The van der Waals surface area contributed by atoms with Crippen molar-refractivity contribution >= 4 is 0 Å². The Morgan fingerprint density at radius 1 is 1.18 bits per heavy atom. The van der Waals surface area contributed by atoms with E-state index in [9.17, 15) is 0 Å². The summed E-state index contributed by atoms with van der Waals surface area (Å²) in [6, 6.07) is -0.0400. The van der Waals surface area contributed by atoms with Crippen LogP contribution in [0.15, 0.2) is 18.7 Å². The van der Waals surface area contributed by atoms with E-state index in [1.165, 1.54) is 19.3 Å². The maximum Gasteiger partial charge on any atom is 0.115 e. The highest BCUT2D eigenvalue weighted by atomic mass is 15.2. The lowest BCUT2D eigenvalue weighted by atomic mass is 9.87. The van der Waals surface area contributed by atoms with E-state index in [1.54, 1.807) is 6.33 Å². The first kappa shape index (κ1) is 12.5. The fraction of sp³-hybridized carbons (Fsp3) is 0.692. The summed E-state index contributed by atoms with van der Waals surface area (Å²) in [4.78, 5) is 10.6. The molecule has 0 aliphatic carbocycles. The van der Waals surface area contributed by atoms with Crippen molar-refractivity contribution in [2.45, 2.75) is 44.7 Å². The van der Waals surface area contributed by atoms with Crippen molar-refractivity contribution in [3.8, 4) is 0 Å². The quantitative estimate of drug-likeness (QED) is 0.865. The van der Waals surface area contributed by atoms with Crippen LogP contribution >= 0.6 is 0 Å². The Kier molecular flexibility index (Phi) is 3.74. The van der Waals surface area contributed by atoms with Crippen LogP contribution in [0.4, 0.5) is 0 Å². The maximum absolute atomic E-state index is 6.38. The molecule has 0 amide bonds. The van der Waals surface area contributed by atoms with Crippen molar-refractivity contribution in [3.05, 3.63) is 24.3 Å². The molecule has 94 valence electrons. The molecule has 2 rings (SSSR count). The van der Waals surface area contributed by atoms with Gasteiger partial charge in [-0.25, -0.2) is 9.97 Å². The largest absolute Gasteiger partial charge is 0.322 e. The average molecular weight is 234 g/mol. The number of hydrogen-bond acceptors (Lipinski definition) is 4. The molecule has 4 heteroatoms. The molecular weight excluding hydrogens is 212 g/mol. The second kappa shape index (κ2) is 5.10. The fourth-order valence-electron chi connectivity index (χ4n) is 2.55. The van der Waals surface area contributed by atoms with E-state index in [0.717, 1.165) is 18.7 Å². The molecule has 1 aliphatic heterocycles. The standard InChI is InChI=1S/C13H22N4/c1-13(2,17-6-4-3-5-7-17)12(14)11-8-15-10-16-9-11/h8-10,12H,3-7,14H2,1-2H3. The minimum absolute atomic E-state index is 0.0366. The van der Waals surface area contributed by atoms with Crippen molar-refractivity contribution in [2.75, 3.05) is 13.1 Å². The van der Waals surface area contributed by atoms with Gasteiger partial charge >= 0.3 is 0 Å². The molecule has 1 aliphatic rings. The summed E-state index contributed by atoms with van der Waals surface area (Å²) in [5.74, 6) is 0. The monoisotopic (exact) mass is 234 g/mol. The fourth-order valence-corrected chi connectivity index (χ4v) is 2.55. The number of hydrogen-bond donors (Lipinski definition) is 1. The van der Waals surface area contributed by atoms with E-state index in [1.807, 2.05) is 12.4 Å². The molecule has 1 aromatic rings. The normalized spacial score (nSPS) is 20.2. The van der Waals surface area contributed by atoms with E-state index in [0.29, 0.717) is 0 Å². The first-order valence-corrected chi connectivity index (χ1v) is 6.38. The summed E-state index contributed by atoms with van der Waals surface area (Å²) in [6.45, 7) is 6.73. The molecule has 0 bridgehead atoms. The number of nitrogens with two attached hydrogens (primary N) is 1. The molecule has 1 unspecified atom stereocenters. The van der Waals surface area contributed by atoms with Gasteiger partial charge in [0.05, 0.1) is 6.04 Å². The third-order valence-corrected chi connectivity index (χ3v) is 3.87. The Hall–Kier alpha value is -1.00.